The molecule has 1 aromatic heterocycles. The predicted octanol–water partition coefficient (Wildman–Crippen LogP) is 3.67. The third kappa shape index (κ3) is 5.52. The second-order valence-electron chi connectivity index (χ2n) is 8.02. The van der Waals surface area contributed by atoms with Crippen LogP contribution in [-0.4, -0.2) is 56.5 Å². The fourth-order valence-corrected chi connectivity index (χ4v) is 6.71. The lowest BCUT2D eigenvalue weighted by atomic mass is 10.0. The van der Waals surface area contributed by atoms with Crippen molar-refractivity contribution in [3.63, 3.8) is 0 Å². The van der Waals surface area contributed by atoms with Crippen LogP contribution in [0, 0.1) is 0 Å². The van der Waals surface area contributed by atoms with Gasteiger partial charge in [0.15, 0.2) is 24.7 Å². The van der Waals surface area contributed by atoms with E-state index in [2.05, 4.69) is 5.32 Å². The van der Waals surface area contributed by atoms with Crippen molar-refractivity contribution < 1.29 is 28.9 Å². The SMILES string of the molecule is CC(=O)c1ccc[n+](CC2=C(C(=O)O)N3C(=O)[C@@H](NC(=O)CSc4cc(Cl)c(Cl)cc4Cl)[C@H]3SC2)c1. The summed E-state index contributed by atoms with van der Waals surface area (Å²) in [5.74, 6) is -1.88. The van der Waals surface area contributed by atoms with Crippen molar-refractivity contribution in [2.24, 2.45) is 0 Å². The van der Waals surface area contributed by atoms with Gasteiger partial charge in [0, 0.05) is 22.3 Å². The Bertz CT molecular complexity index is 1320. The Morgan fingerprint density at radius 1 is 1.22 bits per heavy atom. The number of hydrogen-bond acceptors (Lipinski definition) is 6. The van der Waals surface area contributed by atoms with Gasteiger partial charge < -0.3 is 10.4 Å². The number of halogens is 3. The van der Waals surface area contributed by atoms with Crippen LogP contribution >= 0.6 is 58.3 Å². The minimum Gasteiger partial charge on any atom is -0.477 e. The molecule has 1 fully saturated rings. The fourth-order valence-electron chi connectivity index (χ4n) is 3.83. The summed E-state index contributed by atoms with van der Waals surface area (Å²) >= 11 is 20.6. The number of nitrogens with one attached hydrogen (secondary N) is 1. The highest BCUT2D eigenvalue weighted by atomic mass is 35.5. The number of rotatable bonds is 8. The number of thioether (sulfide) groups is 2. The minimum absolute atomic E-state index is 0.0190. The summed E-state index contributed by atoms with van der Waals surface area (Å²) in [6.45, 7) is 1.66. The number of aliphatic carboxylic acids is 1. The Hall–Kier alpha value is -2.24. The minimum atomic E-state index is -1.22. The first-order valence-electron chi connectivity index (χ1n) is 10.5. The summed E-state index contributed by atoms with van der Waals surface area (Å²) in [7, 11) is 0. The molecule has 36 heavy (non-hydrogen) atoms. The Labute approximate surface area is 230 Å². The molecule has 8 nitrogen and oxygen atoms in total. The zero-order chi connectivity index (χ0) is 26.1. The number of pyridine rings is 1. The maximum absolute atomic E-state index is 12.9. The van der Waals surface area contributed by atoms with Crippen LogP contribution in [0.2, 0.25) is 15.1 Å². The molecular formula is C23H19Cl3N3O5S2+. The van der Waals surface area contributed by atoms with Gasteiger partial charge in [-0.2, -0.15) is 0 Å². The molecule has 2 amide bonds. The van der Waals surface area contributed by atoms with E-state index in [1.165, 1.54) is 29.7 Å². The van der Waals surface area contributed by atoms with Crippen molar-refractivity contribution in [2.75, 3.05) is 11.5 Å². The van der Waals surface area contributed by atoms with Gasteiger partial charge in [0.1, 0.15) is 17.1 Å². The molecule has 2 N–H and O–H groups in total. The standard InChI is InChI=1S/C23H18Cl3N3O5S2/c1-11(30)12-3-2-4-28(7-12)8-13-9-36-22-19(21(32)29(22)20(13)23(33)34)27-18(31)10-35-17-6-15(25)14(24)5-16(17)26/h2-7,19,22H,8-10H2,1H3,(H-,27,31,33,34)/p+1/t19-,22-/m1/s1. The van der Waals surface area contributed by atoms with Gasteiger partial charge in [0.05, 0.1) is 26.4 Å². The normalized spacial score (nSPS) is 19.0. The van der Waals surface area contributed by atoms with Crippen molar-refractivity contribution in [1.82, 2.24) is 10.2 Å². The molecule has 13 heteroatoms. The number of carboxylic acid groups (broad SMARTS) is 1. The number of carbonyl (C=O) groups excluding carboxylic acids is 3. The number of nitrogens with zero attached hydrogens (tertiary/aromatic N) is 2. The first kappa shape index (κ1) is 26.8. The molecule has 0 aliphatic carbocycles. The topological polar surface area (TPSA) is 108 Å². The molecule has 2 atom stereocenters. The van der Waals surface area contributed by atoms with Crippen molar-refractivity contribution in [3.8, 4) is 0 Å². The number of carbonyl (C=O) groups is 4. The number of ketones is 1. The van der Waals surface area contributed by atoms with Gasteiger partial charge >= 0.3 is 5.97 Å². The van der Waals surface area contributed by atoms with Crippen molar-refractivity contribution in [3.05, 3.63) is 68.6 Å². The number of amides is 2. The third-order valence-corrected chi connectivity index (χ3v) is 9.08. The molecule has 2 aromatic rings. The molecule has 0 bridgehead atoms. The van der Waals surface area contributed by atoms with Gasteiger partial charge in [-0.25, -0.2) is 9.36 Å². The monoisotopic (exact) mass is 586 g/mol. The van der Waals surface area contributed by atoms with Crippen LogP contribution in [0.25, 0.3) is 0 Å². The Morgan fingerprint density at radius 3 is 2.64 bits per heavy atom. The summed E-state index contributed by atoms with van der Waals surface area (Å²) in [5.41, 5.74) is 0.948. The van der Waals surface area contributed by atoms with Crippen LogP contribution in [0.5, 0.6) is 0 Å². The highest BCUT2D eigenvalue weighted by Crippen LogP contribution is 2.40. The Morgan fingerprint density at radius 2 is 1.94 bits per heavy atom. The van der Waals surface area contributed by atoms with Crippen LogP contribution in [0.4, 0.5) is 0 Å². The van der Waals surface area contributed by atoms with Crippen LogP contribution in [0.15, 0.2) is 52.8 Å². The van der Waals surface area contributed by atoms with Crippen LogP contribution in [0.3, 0.4) is 0 Å². The number of hydrogen-bond donors (Lipinski definition) is 2. The lowest BCUT2D eigenvalue weighted by molar-refractivity contribution is -0.689. The summed E-state index contributed by atoms with van der Waals surface area (Å²) in [6.07, 6.45) is 3.37. The van der Waals surface area contributed by atoms with E-state index in [0.717, 1.165) is 11.8 Å². The van der Waals surface area contributed by atoms with Gasteiger partial charge in [-0.3, -0.25) is 19.3 Å². The molecule has 0 radical (unpaired) electrons. The number of benzene rings is 1. The van der Waals surface area contributed by atoms with E-state index >= 15 is 0 Å². The lowest BCUT2D eigenvalue weighted by Crippen LogP contribution is -2.71. The van der Waals surface area contributed by atoms with Crippen molar-refractivity contribution in [2.45, 2.75) is 29.8 Å². The van der Waals surface area contributed by atoms with Gasteiger partial charge in [-0.1, -0.05) is 34.8 Å². The van der Waals surface area contributed by atoms with E-state index in [1.807, 2.05) is 0 Å². The van der Waals surface area contributed by atoms with E-state index in [9.17, 15) is 24.3 Å². The van der Waals surface area contributed by atoms with Gasteiger partial charge in [-0.15, -0.1) is 23.5 Å². The third-order valence-electron chi connectivity index (χ3n) is 5.54. The molecule has 0 unspecified atom stereocenters. The summed E-state index contributed by atoms with van der Waals surface area (Å²) in [4.78, 5) is 51.0. The van der Waals surface area contributed by atoms with Crippen LogP contribution in [0.1, 0.15) is 17.3 Å². The molecule has 1 aromatic carbocycles. The average Bonchev–Trinajstić information content (AvgIpc) is 2.83. The van der Waals surface area contributed by atoms with Crippen molar-refractivity contribution >= 4 is 81.9 Å². The maximum Gasteiger partial charge on any atom is 0.352 e. The van der Waals surface area contributed by atoms with Crippen molar-refractivity contribution in [1.29, 1.82) is 0 Å². The van der Waals surface area contributed by atoms with Crippen LogP contribution < -0.4 is 9.88 Å². The molecule has 188 valence electrons. The highest BCUT2D eigenvalue weighted by molar-refractivity contribution is 8.00. The second kappa shape index (κ2) is 11.0. The highest BCUT2D eigenvalue weighted by Gasteiger charge is 2.54. The largest absolute Gasteiger partial charge is 0.477 e. The molecule has 4 rings (SSSR count). The summed E-state index contributed by atoms with van der Waals surface area (Å²) < 4.78 is 1.71. The summed E-state index contributed by atoms with van der Waals surface area (Å²) in [5, 5.41) is 13.0. The van der Waals surface area contributed by atoms with E-state index in [0.29, 0.717) is 36.9 Å². The van der Waals surface area contributed by atoms with E-state index in [-0.39, 0.29) is 23.8 Å². The quantitative estimate of drug-likeness (QED) is 0.160. The first-order valence-corrected chi connectivity index (χ1v) is 13.7. The number of Topliss-reactive ketones (excluding diaryl/α,β-unsaturated/α-hetero) is 1. The van der Waals surface area contributed by atoms with E-state index < -0.39 is 29.2 Å². The van der Waals surface area contributed by atoms with Gasteiger partial charge in [0.2, 0.25) is 5.91 Å². The zero-order valence-electron chi connectivity index (χ0n) is 18.7. The lowest BCUT2D eigenvalue weighted by Gasteiger charge is -2.49. The number of fused-ring (bicyclic) bond motifs is 1. The molecule has 0 spiro atoms. The first-order chi connectivity index (χ1) is 17.1. The number of aromatic nitrogens is 1. The van der Waals surface area contributed by atoms with Crippen LogP contribution in [-0.2, 0) is 20.9 Å². The molecule has 2 aliphatic rings. The molecule has 0 saturated carbocycles. The predicted molar refractivity (Wildman–Crippen MR) is 139 cm³/mol. The number of β-lactam (4-membered cyclic amide) rings is 1. The Balaban J connectivity index is 1.43. The summed E-state index contributed by atoms with van der Waals surface area (Å²) in [6, 6.07) is 5.60. The zero-order valence-corrected chi connectivity index (χ0v) is 22.6. The second-order valence-corrected chi connectivity index (χ2v) is 11.4. The fraction of sp³-hybridized carbons (Fsp3) is 0.261. The average molecular weight is 588 g/mol. The Kier molecular flexibility index (Phi) is 8.21. The maximum atomic E-state index is 12.9. The van der Waals surface area contributed by atoms with Gasteiger partial charge in [-0.05, 0) is 25.1 Å². The molecule has 3 heterocycles. The van der Waals surface area contributed by atoms with Gasteiger partial charge in [0.25, 0.3) is 5.91 Å². The molecular weight excluding hydrogens is 569 g/mol. The molecule has 1 saturated heterocycles. The smallest absolute Gasteiger partial charge is 0.352 e. The molecule has 2 aliphatic heterocycles. The van der Waals surface area contributed by atoms with E-state index in [1.54, 1.807) is 35.2 Å². The van der Waals surface area contributed by atoms with E-state index in [4.69, 9.17) is 34.8 Å². The number of carboxylic acids is 1.